The number of aryl methyl sites for hydroxylation is 2. The average molecular weight is 302 g/mol. The molecule has 3 rings (SSSR count). The first-order chi connectivity index (χ1) is 11.2. The monoisotopic (exact) mass is 302 g/mol. The lowest BCUT2D eigenvalue weighted by Gasteiger charge is -2.04. The van der Waals surface area contributed by atoms with Crippen LogP contribution in [0.25, 0.3) is 10.9 Å². The number of benzene rings is 2. The zero-order valence-corrected chi connectivity index (χ0v) is 13.3. The summed E-state index contributed by atoms with van der Waals surface area (Å²) in [5, 5.41) is 0.641. The maximum absolute atomic E-state index is 12.3. The Morgan fingerprint density at radius 2 is 1.74 bits per heavy atom. The average Bonchev–Trinajstić information content (AvgIpc) is 2.57. The van der Waals surface area contributed by atoms with E-state index in [-0.39, 0.29) is 5.56 Å². The highest BCUT2D eigenvalue weighted by Gasteiger charge is 2.03. The predicted molar refractivity (Wildman–Crippen MR) is 93.5 cm³/mol. The lowest BCUT2D eigenvalue weighted by molar-refractivity contribution is 0.648. The van der Waals surface area contributed by atoms with E-state index in [9.17, 15) is 4.79 Å². The summed E-state index contributed by atoms with van der Waals surface area (Å²) in [5.74, 6) is 6.27. The van der Waals surface area contributed by atoms with Gasteiger partial charge >= 0.3 is 0 Å². The zero-order valence-electron chi connectivity index (χ0n) is 13.3. The Morgan fingerprint density at radius 1 is 1.04 bits per heavy atom. The second kappa shape index (κ2) is 6.50. The second-order valence-corrected chi connectivity index (χ2v) is 5.59. The summed E-state index contributed by atoms with van der Waals surface area (Å²) in [6, 6.07) is 13.7. The van der Waals surface area contributed by atoms with Crippen LogP contribution in [-0.4, -0.2) is 9.55 Å². The molecule has 3 aromatic rings. The van der Waals surface area contributed by atoms with E-state index in [1.807, 2.05) is 49.4 Å². The van der Waals surface area contributed by atoms with Crippen LogP contribution in [0.15, 0.2) is 53.6 Å². The molecule has 0 amide bonds. The lowest BCUT2D eigenvalue weighted by atomic mass is 10.1. The molecular weight excluding hydrogens is 284 g/mol. The molecule has 114 valence electrons. The van der Waals surface area contributed by atoms with E-state index in [0.29, 0.717) is 17.4 Å². The molecule has 0 N–H and O–H groups in total. The quantitative estimate of drug-likeness (QED) is 0.679. The van der Waals surface area contributed by atoms with Crippen LogP contribution in [0.3, 0.4) is 0 Å². The molecule has 0 saturated carbocycles. The van der Waals surface area contributed by atoms with Crippen LogP contribution in [0, 0.1) is 18.8 Å². The summed E-state index contributed by atoms with van der Waals surface area (Å²) < 4.78 is 1.65. The summed E-state index contributed by atoms with van der Waals surface area (Å²) in [5.41, 5.74) is 3.75. The minimum Gasteiger partial charge on any atom is -0.299 e. The van der Waals surface area contributed by atoms with Crippen LogP contribution >= 0.6 is 0 Å². The minimum absolute atomic E-state index is 0.00916. The molecule has 23 heavy (non-hydrogen) atoms. The van der Waals surface area contributed by atoms with Gasteiger partial charge in [0.1, 0.15) is 0 Å². The van der Waals surface area contributed by atoms with Gasteiger partial charge in [-0.1, -0.05) is 36.5 Å². The molecule has 3 nitrogen and oxygen atoms in total. The van der Waals surface area contributed by atoms with Gasteiger partial charge in [0.05, 0.1) is 17.2 Å². The van der Waals surface area contributed by atoms with Gasteiger partial charge in [0.25, 0.3) is 5.56 Å². The number of aromatic nitrogens is 2. The van der Waals surface area contributed by atoms with Gasteiger partial charge in [0.2, 0.25) is 0 Å². The van der Waals surface area contributed by atoms with Crippen LogP contribution in [0.1, 0.15) is 30.0 Å². The first kappa shape index (κ1) is 15.1. The van der Waals surface area contributed by atoms with Crippen molar-refractivity contribution in [3.05, 3.63) is 75.8 Å². The number of nitrogens with zero attached hydrogens (tertiary/aromatic N) is 2. The van der Waals surface area contributed by atoms with E-state index in [2.05, 4.69) is 23.7 Å². The van der Waals surface area contributed by atoms with Crippen LogP contribution in [0.2, 0.25) is 0 Å². The number of rotatable bonds is 2. The van der Waals surface area contributed by atoms with Gasteiger partial charge in [-0.15, -0.1) is 0 Å². The number of hydrogen-bond acceptors (Lipinski definition) is 2. The first-order valence-corrected chi connectivity index (χ1v) is 7.75. The fourth-order valence-electron chi connectivity index (χ4n) is 2.42. The zero-order chi connectivity index (χ0) is 16.2. The van der Waals surface area contributed by atoms with Crippen molar-refractivity contribution in [3.63, 3.8) is 0 Å². The first-order valence-electron chi connectivity index (χ1n) is 7.75. The molecule has 0 fully saturated rings. The van der Waals surface area contributed by atoms with Crippen molar-refractivity contribution in [3.8, 4) is 11.8 Å². The normalized spacial score (nSPS) is 10.3. The van der Waals surface area contributed by atoms with Crippen LogP contribution in [0.4, 0.5) is 0 Å². The molecule has 0 spiro atoms. The van der Waals surface area contributed by atoms with E-state index in [1.165, 1.54) is 5.56 Å². The van der Waals surface area contributed by atoms with Gasteiger partial charge in [0.15, 0.2) is 0 Å². The SMILES string of the molecule is CCCn1cnc2cc(C#Cc3ccc(C)cc3)ccc2c1=O. The highest BCUT2D eigenvalue weighted by molar-refractivity contribution is 5.79. The Balaban J connectivity index is 1.97. The highest BCUT2D eigenvalue weighted by atomic mass is 16.1. The van der Waals surface area contributed by atoms with E-state index in [0.717, 1.165) is 17.5 Å². The van der Waals surface area contributed by atoms with E-state index < -0.39 is 0 Å². The molecule has 0 aliphatic heterocycles. The van der Waals surface area contributed by atoms with Gasteiger partial charge in [-0.2, -0.15) is 0 Å². The Labute approximate surface area is 135 Å². The third-order valence-corrected chi connectivity index (χ3v) is 3.69. The van der Waals surface area contributed by atoms with E-state index in [1.54, 1.807) is 10.9 Å². The van der Waals surface area contributed by atoms with Crippen molar-refractivity contribution in [2.24, 2.45) is 0 Å². The Kier molecular flexibility index (Phi) is 4.25. The van der Waals surface area contributed by atoms with Gasteiger partial charge in [-0.05, 0) is 43.7 Å². The molecule has 2 aromatic carbocycles. The molecule has 0 unspecified atom stereocenters. The third kappa shape index (κ3) is 3.32. The maximum Gasteiger partial charge on any atom is 0.261 e. The van der Waals surface area contributed by atoms with Crippen molar-refractivity contribution in [2.75, 3.05) is 0 Å². The molecule has 1 heterocycles. The molecule has 0 bridgehead atoms. The Hall–Kier alpha value is -2.86. The highest BCUT2D eigenvalue weighted by Crippen LogP contribution is 2.10. The Morgan fingerprint density at radius 3 is 2.48 bits per heavy atom. The van der Waals surface area contributed by atoms with Crippen molar-refractivity contribution in [2.45, 2.75) is 26.8 Å². The van der Waals surface area contributed by atoms with Crippen LogP contribution < -0.4 is 5.56 Å². The van der Waals surface area contributed by atoms with Gasteiger partial charge in [0, 0.05) is 17.7 Å². The lowest BCUT2D eigenvalue weighted by Crippen LogP contribution is -2.20. The molecule has 1 aromatic heterocycles. The van der Waals surface area contributed by atoms with E-state index in [4.69, 9.17) is 0 Å². The van der Waals surface area contributed by atoms with Crippen molar-refractivity contribution >= 4 is 10.9 Å². The summed E-state index contributed by atoms with van der Waals surface area (Å²) in [6.07, 6.45) is 2.53. The van der Waals surface area contributed by atoms with Crippen LogP contribution in [0.5, 0.6) is 0 Å². The Bertz CT molecular complexity index is 957. The van der Waals surface area contributed by atoms with Crippen molar-refractivity contribution in [1.82, 2.24) is 9.55 Å². The summed E-state index contributed by atoms with van der Waals surface area (Å²) in [7, 11) is 0. The molecular formula is C20H18N2O. The maximum atomic E-state index is 12.3. The molecule has 0 aliphatic carbocycles. The standard InChI is InChI=1S/C20H18N2O/c1-3-12-22-14-21-19-13-17(10-11-18(19)20(22)23)9-8-16-6-4-15(2)5-7-16/h4-7,10-11,13-14H,3,12H2,1-2H3. The fourth-order valence-corrected chi connectivity index (χ4v) is 2.42. The largest absolute Gasteiger partial charge is 0.299 e. The topological polar surface area (TPSA) is 34.9 Å². The number of fused-ring (bicyclic) bond motifs is 1. The predicted octanol–water partition coefficient (Wildman–Crippen LogP) is 3.51. The van der Waals surface area contributed by atoms with Crippen LogP contribution in [-0.2, 0) is 6.54 Å². The molecule has 3 heteroatoms. The second-order valence-electron chi connectivity index (χ2n) is 5.59. The number of hydrogen-bond donors (Lipinski definition) is 0. The molecule has 0 aliphatic rings. The summed E-state index contributed by atoms with van der Waals surface area (Å²) in [4.78, 5) is 16.7. The van der Waals surface area contributed by atoms with Gasteiger partial charge < -0.3 is 0 Å². The fraction of sp³-hybridized carbons (Fsp3) is 0.200. The summed E-state index contributed by atoms with van der Waals surface area (Å²) >= 11 is 0. The minimum atomic E-state index is 0.00916. The van der Waals surface area contributed by atoms with Crippen molar-refractivity contribution < 1.29 is 0 Å². The molecule has 0 saturated heterocycles. The smallest absolute Gasteiger partial charge is 0.261 e. The van der Waals surface area contributed by atoms with Crippen molar-refractivity contribution in [1.29, 1.82) is 0 Å². The molecule has 0 radical (unpaired) electrons. The van der Waals surface area contributed by atoms with Gasteiger partial charge in [-0.3, -0.25) is 9.36 Å². The molecule has 0 atom stereocenters. The van der Waals surface area contributed by atoms with E-state index >= 15 is 0 Å². The summed E-state index contributed by atoms with van der Waals surface area (Å²) in [6.45, 7) is 4.79. The van der Waals surface area contributed by atoms with Gasteiger partial charge in [-0.25, -0.2) is 4.98 Å². The third-order valence-electron chi connectivity index (χ3n) is 3.69.